The van der Waals surface area contributed by atoms with Crippen molar-refractivity contribution in [2.45, 2.75) is 54.9 Å². The van der Waals surface area contributed by atoms with Gasteiger partial charge in [0, 0.05) is 18.1 Å². The number of hydrogen-bond acceptors (Lipinski definition) is 3. The molecule has 23 heavy (non-hydrogen) atoms. The standard InChI is InChI=1S/C14H17F3N2O2S.ClH/c15-14(16,17)12-3-1-2-4-13(12)22(20,21)19-11-7-9-5-6-10(8-11)18-9;/h1-4,9-11,18-19H,5-8H2;1H. The number of fused-ring (bicyclic) bond motifs is 2. The Morgan fingerprint density at radius 1 is 1.09 bits per heavy atom. The van der Waals surface area contributed by atoms with Gasteiger partial charge in [-0.3, -0.25) is 0 Å². The monoisotopic (exact) mass is 370 g/mol. The second kappa shape index (κ2) is 6.58. The lowest BCUT2D eigenvalue weighted by Crippen LogP contribution is -2.48. The van der Waals surface area contributed by atoms with Gasteiger partial charge in [0.05, 0.1) is 10.5 Å². The molecule has 2 atom stereocenters. The van der Waals surface area contributed by atoms with Crippen molar-refractivity contribution in [3.05, 3.63) is 29.8 Å². The lowest BCUT2D eigenvalue weighted by molar-refractivity contribution is -0.139. The highest BCUT2D eigenvalue weighted by atomic mass is 35.5. The first-order valence-electron chi connectivity index (χ1n) is 7.20. The van der Waals surface area contributed by atoms with E-state index in [0.29, 0.717) is 12.8 Å². The van der Waals surface area contributed by atoms with Gasteiger partial charge in [-0.25, -0.2) is 13.1 Å². The van der Waals surface area contributed by atoms with Gasteiger partial charge < -0.3 is 5.32 Å². The maximum atomic E-state index is 13.0. The lowest BCUT2D eigenvalue weighted by atomic mass is 10.0. The first kappa shape index (κ1) is 18.5. The normalized spacial score (nSPS) is 27.5. The molecular weight excluding hydrogens is 353 g/mol. The summed E-state index contributed by atoms with van der Waals surface area (Å²) in [6.45, 7) is 0. The van der Waals surface area contributed by atoms with Gasteiger partial charge in [0.15, 0.2) is 0 Å². The summed E-state index contributed by atoms with van der Waals surface area (Å²) in [5.74, 6) is 0. The Hall–Kier alpha value is -0.830. The number of benzene rings is 1. The maximum absolute atomic E-state index is 13.0. The van der Waals surface area contributed by atoms with Gasteiger partial charge >= 0.3 is 6.18 Å². The summed E-state index contributed by atoms with van der Waals surface area (Å²) in [7, 11) is -4.19. The van der Waals surface area contributed by atoms with Crippen molar-refractivity contribution >= 4 is 22.4 Å². The van der Waals surface area contributed by atoms with Crippen LogP contribution in [0.25, 0.3) is 0 Å². The SMILES string of the molecule is Cl.O=S(=O)(NC1CC2CCC(C1)N2)c1ccccc1C(F)(F)F. The van der Waals surface area contributed by atoms with Crippen molar-refractivity contribution in [3.63, 3.8) is 0 Å². The number of halogens is 4. The molecule has 0 spiro atoms. The smallest absolute Gasteiger partial charge is 0.311 e. The molecule has 2 aliphatic rings. The van der Waals surface area contributed by atoms with Gasteiger partial charge in [-0.15, -0.1) is 12.4 Å². The highest BCUT2D eigenvalue weighted by molar-refractivity contribution is 7.89. The van der Waals surface area contributed by atoms with Crippen molar-refractivity contribution in [1.29, 1.82) is 0 Å². The molecule has 130 valence electrons. The van der Waals surface area contributed by atoms with Crippen molar-refractivity contribution in [3.8, 4) is 0 Å². The van der Waals surface area contributed by atoms with Crippen LogP contribution >= 0.6 is 12.4 Å². The Balaban J connectivity index is 0.00000192. The number of piperidine rings is 1. The van der Waals surface area contributed by atoms with E-state index in [1.807, 2.05) is 0 Å². The fourth-order valence-corrected chi connectivity index (χ4v) is 4.86. The van der Waals surface area contributed by atoms with Crippen LogP contribution in [0, 0.1) is 0 Å². The zero-order valence-electron chi connectivity index (χ0n) is 12.1. The molecule has 2 fully saturated rings. The first-order chi connectivity index (χ1) is 10.3. The Morgan fingerprint density at radius 3 is 2.22 bits per heavy atom. The average molecular weight is 371 g/mol. The molecule has 1 aromatic rings. The van der Waals surface area contributed by atoms with E-state index in [2.05, 4.69) is 10.0 Å². The maximum Gasteiger partial charge on any atom is 0.417 e. The van der Waals surface area contributed by atoms with Gasteiger partial charge in [-0.2, -0.15) is 13.2 Å². The third kappa shape index (κ3) is 3.99. The summed E-state index contributed by atoms with van der Waals surface area (Å²) in [6.07, 6.45) is -1.49. The lowest BCUT2D eigenvalue weighted by Gasteiger charge is -2.29. The quantitative estimate of drug-likeness (QED) is 0.860. The van der Waals surface area contributed by atoms with Crippen LogP contribution in [-0.4, -0.2) is 26.5 Å². The van der Waals surface area contributed by atoms with Crippen LogP contribution in [0.5, 0.6) is 0 Å². The Kier molecular flexibility index (Phi) is 5.30. The van der Waals surface area contributed by atoms with Crippen LogP contribution in [0.2, 0.25) is 0 Å². The van der Waals surface area contributed by atoms with Gasteiger partial charge in [0.2, 0.25) is 10.0 Å². The number of rotatable bonds is 3. The van der Waals surface area contributed by atoms with E-state index in [1.54, 1.807) is 0 Å². The average Bonchev–Trinajstić information content (AvgIpc) is 2.77. The highest BCUT2D eigenvalue weighted by Gasteiger charge is 2.39. The molecule has 2 unspecified atom stereocenters. The Morgan fingerprint density at radius 2 is 1.65 bits per heavy atom. The number of sulfonamides is 1. The minimum Gasteiger partial charge on any atom is -0.311 e. The fourth-order valence-electron chi connectivity index (χ4n) is 3.37. The van der Waals surface area contributed by atoms with Crippen LogP contribution in [-0.2, 0) is 16.2 Å². The summed E-state index contributed by atoms with van der Waals surface area (Å²) in [5, 5.41) is 3.37. The molecule has 1 aromatic carbocycles. The first-order valence-corrected chi connectivity index (χ1v) is 8.68. The summed E-state index contributed by atoms with van der Waals surface area (Å²) < 4.78 is 66.2. The van der Waals surface area contributed by atoms with E-state index in [-0.39, 0.29) is 30.5 Å². The topological polar surface area (TPSA) is 58.2 Å². The molecular formula is C14H18ClF3N2O2S. The molecule has 2 N–H and O–H groups in total. The molecule has 0 aromatic heterocycles. The summed E-state index contributed by atoms with van der Waals surface area (Å²) in [6, 6.07) is 4.47. The molecule has 2 heterocycles. The van der Waals surface area contributed by atoms with Crippen LogP contribution in [0.4, 0.5) is 13.2 Å². The molecule has 9 heteroatoms. The molecule has 2 saturated heterocycles. The molecule has 0 aliphatic carbocycles. The zero-order chi connectivity index (χ0) is 16.0. The zero-order valence-corrected chi connectivity index (χ0v) is 13.8. The summed E-state index contributed by atoms with van der Waals surface area (Å²) in [5.41, 5.74) is -1.13. The van der Waals surface area contributed by atoms with Gasteiger partial charge in [-0.05, 0) is 37.8 Å². The summed E-state index contributed by atoms with van der Waals surface area (Å²) in [4.78, 5) is -0.701. The van der Waals surface area contributed by atoms with Crippen molar-refractivity contribution in [2.75, 3.05) is 0 Å². The van der Waals surface area contributed by atoms with E-state index >= 15 is 0 Å². The van der Waals surface area contributed by atoms with Crippen LogP contribution in [0.15, 0.2) is 29.2 Å². The molecule has 2 aliphatic heterocycles. The molecule has 0 amide bonds. The molecule has 2 bridgehead atoms. The van der Waals surface area contributed by atoms with E-state index in [0.717, 1.165) is 25.0 Å². The van der Waals surface area contributed by atoms with E-state index in [9.17, 15) is 21.6 Å². The Labute approximate surface area is 139 Å². The van der Waals surface area contributed by atoms with Crippen LogP contribution in [0.1, 0.15) is 31.2 Å². The van der Waals surface area contributed by atoms with Gasteiger partial charge in [0.25, 0.3) is 0 Å². The molecule has 0 saturated carbocycles. The molecule has 3 rings (SSSR count). The van der Waals surface area contributed by atoms with Crippen LogP contribution < -0.4 is 10.0 Å². The van der Waals surface area contributed by atoms with Crippen molar-refractivity contribution in [2.24, 2.45) is 0 Å². The van der Waals surface area contributed by atoms with Gasteiger partial charge in [-0.1, -0.05) is 12.1 Å². The number of alkyl halides is 3. The van der Waals surface area contributed by atoms with Crippen molar-refractivity contribution < 1.29 is 21.6 Å². The minimum absolute atomic E-state index is 0. The number of nitrogens with one attached hydrogen (secondary N) is 2. The van der Waals surface area contributed by atoms with Gasteiger partial charge in [0.1, 0.15) is 0 Å². The van der Waals surface area contributed by atoms with Crippen LogP contribution in [0.3, 0.4) is 0 Å². The second-order valence-corrected chi connectivity index (χ2v) is 7.60. The molecule has 4 nitrogen and oxygen atoms in total. The third-order valence-corrected chi connectivity index (χ3v) is 5.86. The number of hydrogen-bond donors (Lipinski definition) is 2. The summed E-state index contributed by atoms with van der Waals surface area (Å²) >= 11 is 0. The Bertz CT molecular complexity index is 654. The van der Waals surface area contributed by atoms with E-state index in [4.69, 9.17) is 0 Å². The minimum atomic E-state index is -4.70. The van der Waals surface area contributed by atoms with E-state index < -0.39 is 26.7 Å². The largest absolute Gasteiger partial charge is 0.417 e. The predicted octanol–water partition coefficient (Wildman–Crippen LogP) is 2.69. The fraction of sp³-hybridized carbons (Fsp3) is 0.571. The van der Waals surface area contributed by atoms with Crippen molar-refractivity contribution in [1.82, 2.24) is 10.0 Å². The second-order valence-electron chi connectivity index (χ2n) is 5.92. The molecule has 0 radical (unpaired) electrons. The van der Waals surface area contributed by atoms with E-state index in [1.165, 1.54) is 12.1 Å². The highest BCUT2D eigenvalue weighted by Crippen LogP contribution is 2.34. The third-order valence-electron chi connectivity index (χ3n) is 4.28. The predicted molar refractivity (Wildman–Crippen MR) is 82.0 cm³/mol.